The monoisotopic (exact) mass is 355 g/mol. The minimum absolute atomic E-state index is 0.00634. The van der Waals surface area contributed by atoms with E-state index < -0.39 is 5.97 Å². The van der Waals surface area contributed by atoms with Gasteiger partial charge in [-0.2, -0.15) is 0 Å². The number of anilines is 1. The zero-order valence-electron chi connectivity index (χ0n) is 13.0. The van der Waals surface area contributed by atoms with Crippen molar-refractivity contribution in [2.45, 2.75) is 6.54 Å². The number of carbonyl (C=O) groups is 2. The minimum Gasteiger partial charge on any atom is -0.476 e. The van der Waals surface area contributed by atoms with Gasteiger partial charge in [0.2, 0.25) is 0 Å². The summed E-state index contributed by atoms with van der Waals surface area (Å²) < 4.78 is 1.69. The summed E-state index contributed by atoms with van der Waals surface area (Å²) >= 11 is 5.81. The lowest BCUT2D eigenvalue weighted by Crippen LogP contribution is -2.11. The Labute approximate surface area is 148 Å². The summed E-state index contributed by atoms with van der Waals surface area (Å²) in [6.07, 6.45) is 2.94. The van der Waals surface area contributed by atoms with Crippen LogP contribution in [0.5, 0.6) is 0 Å². The van der Waals surface area contributed by atoms with Crippen molar-refractivity contribution in [1.82, 2.24) is 9.55 Å². The molecule has 0 atom stereocenters. The van der Waals surface area contributed by atoms with E-state index >= 15 is 0 Å². The van der Waals surface area contributed by atoms with Gasteiger partial charge in [-0.1, -0.05) is 23.7 Å². The van der Waals surface area contributed by atoms with Crippen LogP contribution >= 0.6 is 11.6 Å². The molecule has 0 aliphatic rings. The summed E-state index contributed by atoms with van der Waals surface area (Å²) in [5.41, 5.74) is 2.15. The van der Waals surface area contributed by atoms with E-state index in [1.165, 1.54) is 12.5 Å². The van der Waals surface area contributed by atoms with Crippen LogP contribution in [-0.2, 0) is 6.54 Å². The summed E-state index contributed by atoms with van der Waals surface area (Å²) in [5.74, 6) is -1.27. The number of benzene rings is 2. The van der Waals surface area contributed by atoms with E-state index in [2.05, 4.69) is 10.3 Å². The van der Waals surface area contributed by atoms with Gasteiger partial charge in [-0.15, -0.1) is 0 Å². The van der Waals surface area contributed by atoms with Crippen LogP contribution in [0.25, 0.3) is 0 Å². The fourth-order valence-electron chi connectivity index (χ4n) is 2.27. The number of amides is 1. The molecule has 1 amide bonds. The molecule has 7 heteroatoms. The predicted molar refractivity (Wildman–Crippen MR) is 94.1 cm³/mol. The summed E-state index contributed by atoms with van der Waals surface area (Å²) in [6.45, 7) is 0.492. The average Bonchev–Trinajstić information content (AvgIpc) is 3.06. The van der Waals surface area contributed by atoms with Crippen LogP contribution in [0.15, 0.2) is 61.1 Å². The normalized spacial score (nSPS) is 10.4. The summed E-state index contributed by atoms with van der Waals surface area (Å²) in [7, 11) is 0. The van der Waals surface area contributed by atoms with Crippen LogP contribution in [0.4, 0.5) is 5.69 Å². The van der Waals surface area contributed by atoms with Crippen LogP contribution in [0.2, 0.25) is 5.02 Å². The Morgan fingerprint density at radius 3 is 2.36 bits per heavy atom. The van der Waals surface area contributed by atoms with Crippen LogP contribution in [0.3, 0.4) is 0 Å². The number of aromatic carboxylic acids is 1. The number of nitrogens with one attached hydrogen (secondary N) is 1. The SMILES string of the molecule is O=C(Nc1ccc(Cn2cnc(C(=O)O)c2)cc1)c1ccc(Cl)cc1. The maximum atomic E-state index is 12.1. The maximum Gasteiger partial charge on any atom is 0.356 e. The van der Waals surface area contributed by atoms with Crippen molar-refractivity contribution in [2.24, 2.45) is 0 Å². The Morgan fingerprint density at radius 2 is 1.76 bits per heavy atom. The molecule has 6 nitrogen and oxygen atoms in total. The number of aromatic nitrogens is 2. The van der Waals surface area contributed by atoms with Gasteiger partial charge in [0.05, 0.1) is 6.33 Å². The topological polar surface area (TPSA) is 84.2 Å². The van der Waals surface area contributed by atoms with Crippen LogP contribution < -0.4 is 5.32 Å². The van der Waals surface area contributed by atoms with Crippen molar-refractivity contribution in [1.29, 1.82) is 0 Å². The van der Waals surface area contributed by atoms with Gasteiger partial charge >= 0.3 is 5.97 Å². The number of hydrogen-bond donors (Lipinski definition) is 2. The highest BCUT2D eigenvalue weighted by atomic mass is 35.5. The van der Waals surface area contributed by atoms with Crippen molar-refractivity contribution in [3.8, 4) is 0 Å². The van der Waals surface area contributed by atoms with Crippen LogP contribution in [0, 0.1) is 0 Å². The largest absolute Gasteiger partial charge is 0.476 e. The molecule has 0 radical (unpaired) electrons. The first-order chi connectivity index (χ1) is 12.0. The summed E-state index contributed by atoms with van der Waals surface area (Å²) in [6, 6.07) is 13.9. The molecule has 1 aromatic heterocycles. The second-order valence-corrected chi connectivity index (χ2v) is 5.83. The third kappa shape index (κ3) is 4.24. The molecule has 2 N–H and O–H groups in total. The van der Waals surface area contributed by atoms with Crippen molar-refractivity contribution in [3.63, 3.8) is 0 Å². The molecular weight excluding hydrogens is 342 g/mol. The first-order valence-electron chi connectivity index (χ1n) is 7.42. The first-order valence-corrected chi connectivity index (χ1v) is 7.80. The molecule has 0 aliphatic carbocycles. The minimum atomic E-state index is -1.06. The lowest BCUT2D eigenvalue weighted by atomic mass is 10.2. The average molecular weight is 356 g/mol. The highest BCUT2D eigenvalue weighted by molar-refractivity contribution is 6.30. The second-order valence-electron chi connectivity index (χ2n) is 5.39. The number of carboxylic acids is 1. The van der Waals surface area contributed by atoms with E-state index in [0.29, 0.717) is 22.8 Å². The van der Waals surface area contributed by atoms with E-state index in [0.717, 1.165) is 5.56 Å². The lowest BCUT2D eigenvalue weighted by molar-refractivity contribution is 0.0690. The fourth-order valence-corrected chi connectivity index (χ4v) is 2.39. The number of carbonyl (C=O) groups excluding carboxylic acids is 1. The molecule has 0 fully saturated rings. The summed E-state index contributed by atoms with van der Waals surface area (Å²) in [5, 5.41) is 12.3. The highest BCUT2D eigenvalue weighted by Gasteiger charge is 2.08. The Hall–Kier alpha value is -3.12. The number of hydrogen-bond acceptors (Lipinski definition) is 3. The molecule has 0 saturated carbocycles. The van der Waals surface area contributed by atoms with Gasteiger partial charge in [0.15, 0.2) is 5.69 Å². The van der Waals surface area contributed by atoms with E-state index in [9.17, 15) is 9.59 Å². The van der Waals surface area contributed by atoms with Gasteiger partial charge in [0.1, 0.15) is 0 Å². The predicted octanol–water partition coefficient (Wildman–Crippen LogP) is 3.54. The Kier molecular flexibility index (Phi) is 4.81. The molecule has 0 bridgehead atoms. The smallest absolute Gasteiger partial charge is 0.356 e. The molecule has 1 heterocycles. The van der Waals surface area contributed by atoms with Crippen LogP contribution in [0.1, 0.15) is 26.4 Å². The third-order valence-electron chi connectivity index (χ3n) is 3.54. The van der Waals surface area contributed by atoms with Gasteiger partial charge in [0, 0.05) is 29.0 Å². The molecule has 0 aliphatic heterocycles. The number of rotatable bonds is 5. The molecule has 25 heavy (non-hydrogen) atoms. The Morgan fingerprint density at radius 1 is 1.08 bits per heavy atom. The van der Waals surface area contributed by atoms with Gasteiger partial charge in [-0.3, -0.25) is 4.79 Å². The third-order valence-corrected chi connectivity index (χ3v) is 3.79. The molecule has 3 rings (SSSR count). The maximum absolute atomic E-state index is 12.1. The standard InChI is InChI=1S/C18H14ClN3O3/c19-14-5-3-13(4-6-14)17(23)21-15-7-1-12(2-8-15)9-22-10-16(18(24)25)20-11-22/h1-8,10-11H,9H2,(H,21,23)(H,24,25). The van der Waals surface area contributed by atoms with Crippen molar-refractivity contribution >= 4 is 29.2 Å². The highest BCUT2D eigenvalue weighted by Crippen LogP contribution is 2.14. The summed E-state index contributed by atoms with van der Waals surface area (Å²) in [4.78, 5) is 26.8. The number of imidazole rings is 1. The number of halogens is 1. The molecule has 126 valence electrons. The number of carboxylic acid groups (broad SMARTS) is 1. The molecule has 0 unspecified atom stereocenters. The van der Waals surface area contributed by atoms with E-state index in [-0.39, 0.29) is 11.6 Å². The van der Waals surface area contributed by atoms with E-state index in [4.69, 9.17) is 16.7 Å². The van der Waals surface area contributed by atoms with Gasteiger partial charge < -0.3 is 15.0 Å². The zero-order chi connectivity index (χ0) is 17.8. The molecule has 0 spiro atoms. The Balaban J connectivity index is 1.64. The van der Waals surface area contributed by atoms with Crippen LogP contribution in [-0.4, -0.2) is 26.5 Å². The lowest BCUT2D eigenvalue weighted by Gasteiger charge is -2.07. The molecular formula is C18H14ClN3O3. The molecule has 0 saturated heterocycles. The Bertz CT molecular complexity index is 902. The van der Waals surface area contributed by atoms with Crippen molar-refractivity contribution < 1.29 is 14.7 Å². The van der Waals surface area contributed by atoms with E-state index in [1.54, 1.807) is 41.0 Å². The second kappa shape index (κ2) is 7.19. The quantitative estimate of drug-likeness (QED) is 0.733. The first kappa shape index (κ1) is 16.7. The van der Waals surface area contributed by atoms with E-state index in [1.807, 2.05) is 12.1 Å². The van der Waals surface area contributed by atoms with Crippen molar-refractivity contribution in [3.05, 3.63) is 82.9 Å². The zero-order valence-corrected chi connectivity index (χ0v) is 13.8. The van der Waals surface area contributed by atoms with Gasteiger partial charge in [0.25, 0.3) is 5.91 Å². The van der Waals surface area contributed by atoms with Gasteiger partial charge in [-0.05, 0) is 42.0 Å². The van der Waals surface area contributed by atoms with Gasteiger partial charge in [-0.25, -0.2) is 9.78 Å². The fraction of sp³-hybridized carbons (Fsp3) is 0.0556. The molecule has 3 aromatic rings. The molecule has 2 aromatic carbocycles. The number of nitrogens with zero attached hydrogens (tertiary/aromatic N) is 2. The van der Waals surface area contributed by atoms with Crippen molar-refractivity contribution in [2.75, 3.05) is 5.32 Å².